The summed E-state index contributed by atoms with van der Waals surface area (Å²) in [6, 6.07) is 4.44. The molecule has 0 aliphatic carbocycles. The Morgan fingerprint density at radius 2 is 2.40 bits per heavy atom. The van der Waals surface area contributed by atoms with E-state index >= 15 is 0 Å². The molecule has 0 saturated carbocycles. The van der Waals surface area contributed by atoms with E-state index in [0.29, 0.717) is 11.3 Å². The second-order valence-corrected chi connectivity index (χ2v) is 4.46. The maximum absolute atomic E-state index is 13.7. The van der Waals surface area contributed by atoms with E-state index in [9.17, 15) is 14.0 Å². The number of rotatable bonds is 4. The minimum Gasteiger partial charge on any atom is -0.442 e. The summed E-state index contributed by atoms with van der Waals surface area (Å²) in [5.74, 6) is -0.642. The number of cyclic esters (lactones) is 1. The summed E-state index contributed by atoms with van der Waals surface area (Å²) in [6.45, 7) is 5.40. The second kappa shape index (κ2) is 5.73. The van der Waals surface area contributed by atoms with Crippen LogP contribution in [0.1, 0.15) is 12.5 Å². The number of halogens is 1. The Morgan fingerprint density at radius 3 is 3.00 bits per heavy atom. The molecule has 1 heterocycles. The lowest BCUT2D eigenvalue weighted by Crippen LogP contribution is -2.33. The van der Waals surface area contributed by atoms with Crippen molar-refractivity contribution >= 4 is 23.8 Å². The summed E-state index contributed by atoms with van der Waals surface area (Å²) in [5.41, 5.74) is 0.791. The van der Waals surface area contributed by atoms with Crippen LogP contribution in [-0.4, -0.2) is 31.2 Å². The van der Waals surface area contributed by atoms with E-state index < -0.39 is 18.0 Å². The van der Waals surface area contributed by atoms with Crippen LogP contribution < -0.4 is 10.2 Å². The van der Waals surface area contributed by atoms with Gasteiger partial charge in [-0.25, -0.2) is 9.18 Å². The van der Waals surface area contributed by atoms with Crippen LogP contribution >= 0.6 is 0 Å². The number of benzene rings is 1. The van der Waals surface area contributed by atoms with E-state index in [1.165, 1.54) is 24.0 Å². The topological polar surface area (TPSA) is 58.6 Å². The van der Waals surface area contributed by atoms with Crippen molar-refractivity contribution in [1.29, 1.82) is 0 Å². The van der Waals surface area contributed by atoms with Gasteiger partial charge in [0.25, 0.3) is 0 Å². The van der Waals surface area contributed by atoms with Gasteiger partial charge < -0.3 is 10.1 Å². The Bertz CT molecular complexity index is 559. The average Bonchev–Trinajstić information content (AvgIpc) is 2.77. The van der Waals surface area contributed by atoms with Gasteiger partial charge in [-0.3, -0.25) is 9.69 Å². The van der Waals surface area contributed by atoms with Crippen molar-refractivity contribution in [3.05, 3.63) is 36.2 Å². The van der Waals surface area contributed by atoms with Crippen LogP contribution in [0, 0.1) is 5.82 Å². The number of ether oxygens (including phenoxy) is 1. The van der Waals surface area contributed by atoms with Gasteiger partial charge >= 0.3 is 6.09 Å². The van der Waals surface area contributed by atoms with Crippen LogP contribution in [0.5, 0.6) is 0 Å². The zero-order chi connectivity index (χ0) is 14.7. The summed E-state index contributed by atoms with van der Waals surface area (Å²) in [5, 5.41) is 2.58. The largest absolute Gasteiger partial charge is 0.442 e. The van der Waals surface area contributed by atoms with Crippen molar-refractivity contribution in [2.24, 2.45) is 0 Å². The molecule has 1 aliphatic rings. The number of amides is 2. The highest BCUT2D eigenvalue weighted by Gasteiger charge is 2.32. The van der Waals surface area contributed by atoms with Gasteiger partial charge in [0.05, 0.1) is 18.8 Å². The summed E-state index contributed by atoms with van der Waals surface area (Å²) in [7, 11) is 0. The molecular weight excluding hydrogens is 263 g/mol. The van der Waals surface area contributed by atoms with E-state index in [2.05, 4.69) is 11.9 Å². The fraction of sp³-hybridized carbons (Fsp3) is 0.286. The van der Waals surface area contributed by atoms with Gasteiger partial charge in [0.1, 0.15) is 11.9 Å². The SMILES string of the molecule is C=Cc1ccc(N2C[C@H](CNC(C)=O)OC2=O)cc1F. The molecule has 2 amide bonds. The first-order chi connectivity index (χ1) is 9.51. The Kier molecular flexibility index (Phi) is 4.02. The lowest BCUT2D eigenvalue weighted by molar-refractivity contribution is -0.119. The van der Waals surface area contributed by atoms with E-state index in [1.807, 2.05) is 0 Å². The highest BCUT2D eigenvalue weighted by atomic mass is 19.1. The molecule has 20 heavy (non-hydrogen) atoms. The molecule has 0 spiro atoms. The Morgan fingerprint density at radius 1 is 1.65 bits per heavy atom. The molecule has 5 nitrogen and oxygen atoms in total. The summed E-state index contributed by atoms with van der Waals surface area (Å²) >= 11 is 0. The lowest BCUT2D eigenvalue weighted by Gasteiger charge is -2.13. The molecule has 0 radical (unpaired) electrons. The second-order valence-electron chi connectivity index (χ2n) is 4.46. The highest BCUT2D eigenvalue weighted by molar-refractivity contribution is 5.90. The number of nitrogens with one attached hydrogen (secondary N) is 1. The summed E-state index contributed by atoms with van der Waals surface area (Å²) < 4.78 is 18.8. The first-order valence-electron chi connectivity index (χ1n) is 6.16. The van der Waals surface area contributed by atoms with Crippen molar-refractivity contribution in [2.45, 2.75) is 13.0 Å². The Balaban J connectivity index is 2.09. The van der Waals surface area contributed by atoms with Crippen molar-refractivity contribution in [3.63, 3.8) is 0 Å². The number of anilines is 1. The third kappa shape index (κ3) is 2.96. The molecule has 2 rings (SSSR count). The summed E-state index contributed by atoms with van der Waals surface area (Å²) in [6.07, 6.45) is 0.417. The van der Waals surface area contributed by atoms with Gasteiger partial charge in [0.2, 0.25) is 5.91 Å². The smallest absolute Gasteiger partial charge is 0.414 e. The van der Waals surface area contributed by atoms with E-state index in [4.69, 9.17) is 4.74 Å². The molecule has 1 saturated heterocycles. The van der Waals surface area contributed by atoms with Gasteiger partial charge in [0, 0.05) is 12.5 Å². The molecule has 1 N–H and O–H groups in total. The standard InChI is InChI=1S/C14H15FN2O3/c1-3-10-4-5-11(6-13(10)15)17-8-12(20-14(17)19)7-16-9(2)18/h3-6,12H,1,7-8H2,2H3,(H,16,18)/t12-/m0/s1. The molecule has 1 fully saturated rings. The average molecular weight is 278 g/mol. The monoisotopic (exact) mass is 278 g/mol. The number of hydrogen-bond donors (Lipinski definition) is 1. The van der Waals surface area contributed by atoms with Gasteiger partial charge in [-0.05, 0) is 18.2 Å². The number of carbonyl (C=O) groups is 2. The van der Waals surface area contributed by atoms with Crippen molar-refractivity contribution < 1.29 is 18.7 Å². The van der Waals surface area contributed by atoms with Gasteiger partial charge in [-0.15, -0.1) is 0 Å². The normalized spacial score (nSPS) is 17.8. The van der Waals surface area contributed by atoms with Crippen LogP contribution in [0.4, 0.5) is 14.9 Å². The zero-order valence-electron chi connectivity index (χ0n) is 11.1. The van der Waals surface area contributed by atoms with Crippen molar-refractivity contribution in [1.82, 2.24) is 5.32 Å². The molecule has 6 heteroatoms. The molecule has 1 atom stereocenters. The number of hydrogen-bond acceptors (Lipinski definition) is 3. The highest BCUT2D eigenvalue weighted by Crippen LogP contribution is 2.24. The van der Waals surface area contributed by atoms with Crippen LogP contribution in [0.3, 0.4) is 0 Å². The van der Waals surface area contributed by atoms with E-state index in [1.54, 1.807) is 12.1 Å². The van der Waals surface area contributed by atoms with Crippen LogP contribution in [-0.2, 0) is 9.53 Å². The maximum Gasteiger partial charge on any atom is 0.414 e. The molecule has 1 aliphatic heterocycles. The first kappa shape index (κ1) is 14.0. The minimum atomic E-state index is -0.550. The lowest BCUT2D eigenvalue weighted by atomic mass is 10.2. The van der Waals surface area contributed by atoms with Crippen molar-refractivity contribution in [2.75, 3.05) is 18.0 Å². The molecular formula is C14H15FN2O3. The van der Waals surface area contributed by atoms with Gasteiger partial charge in [-0.2, -0.15) is 0 Å². The molecule has 0 bridgehead atoms. The van der Waals surface area contributed by atoms with Gasteiger partial charge in [-0.1, -0.05) is 12.7 Å². The minimum absolute atomic E-state index is 0.194. The van der Waals surface area contributed by atoms with E-state index in [0.717, 1.165) is 0 Å². The summed E-state index contributed by atoms with van der Waals surface area (Å²) in [4.78, 5) is 23.9. The predicted molar refractivity (Wildman–Crippen MR) is 72.8 cm³/mol. The molecule has 1 aromatic carbocycles. The van der Waals surface area contributed by atoms with E-state index in [-0.39, 0.29) is 19.0 Å². The predicted octanol–water partition coefficient (Wildman–Crippen LogP) is 1.93. The zero-order valence-corrected chi connectivity index (χ0v) is 11.1. The Labute approximate surface area is 116 Å². The third-order valence-electron chi connectivity index (χ3n) is 2.97. The third-order valence-corrected chi connectivity index (χ3v) is 2.97. The van der Waals surface area contributed by atoms with Crippen LogP contribution in [0.2, 0.25) is 0 Å². The molecule has 106 valence electrons. The van der Waals surface area contributed by atoms with Crippen LogP contribution in [0.15, 0.2) is 24.8 Å². The fourth-order valence-corrected chi connectivity index (χ4v) is 1.95. The molecule has 1 aromatic rings. The quantitative estimate of drug-likeness (QED) is 0.915. The molecule has 0 unspecified atom stereocenters. The number of nitrogens with zero attached hydrogens (tertiary/aromatic N) is 1. The molecule has 0 aromatic heterocycles. The maximum atomic E-state index is 13.7. The first-order valence-corrected chi connectivity index (χ1v) is 6.16. The van der Waals surface area contributed by atoms with Gasteiger partial charge in [0.15, 0.2) is 0 Å². The fourth-order valence-electron chi connectivity index (χ4n) is 1.95. The van der Waals surface area contributed by atoms with Crippen LogP contribution in [0.25, 0.3) is 6.08 Å². The number of carbonyl (C=O) groups excluding carboxylic acids is 2. The Hall–Kier alpha value is -2.37. The van der Waals surface area contributed by atoms with Crippen molar-refractivity contribution in [3.8, 4) is 0 Å².